The predicted molar refractivity (Wildman–Crippen MR) is 70.8 cm³/mol. The third-order valence-electron chi connectivity index (χ3n) is 3.82. The van der Waals surface area contributed by atoms with Gasteiger partial charge in [-0.05, 0) is 31.9 Å². The van der Waals surface area contributed by atoms with Crippen LogP contribution < -0.4 is 5.32 Å². The normalized spacial score (nSPS) is 32.3. The molecule has 2 aliphatic rings. The first kappa shape index (κ1) is 13.5. The number of thioether (sulfide) groups is 1. The summed E-state index contributed by atoms with van der Waals surface area (Å²) in [6.45, 7) is 2.37. The van der Waals surface area contributed by atoms with E-state index in [9.17, 15) is 9.59 Å². The maximum absolute atomic E-state index is 12.1. The molecule has 102 valence electrons. The molecule has 2 saturated heterocycles. The molecule has 2 rings (SSSR count). The van der Waals surface area contributed by atoms with Crippen molar-refractivity contribution in [3.63, 3.8) is 0 Å². The summed E-state index contributed by atoms with van der Waals surface area (Å²) in [6, 6.07) is -0.0650. The van der Waals surface area contributed by atoms with Gasteiger partial charge in [-0.15, -0.1) is 0 Å². The maximum Gasteiger partial charge on any atom is 0.317 e. The van der Waals surface area contributed by atoms with E-state index in [1.54, 1.807) is 4.90 Å². The van der Waals surface area contributed by atoms with Crippen molar-refractivity contribution in [3.05, 3.63) is 0 Å². The number of rotatable bonds is 2. The molecule has 2 N–H and O–H groups in total. The van der Waals surface area contributed by atoms with Crippen molar-refractivity contribution in [2.45, 2.75) is 38.3 Å². The van der Waals surface area contributed by atoms with Crippen LogP contribution in [0, 0.1) is 5.92 Å². The van der Waals surface area contributed by atoms with Gasteiger partial charge in [-0.25, -0.2) is 4.79 Å². The second kappa shape index (κ2) is 5.82. The molecular formula is C12H20N2O3S. The Morgan fingerprint density at radius 1 is 1.39 bits per heavy atom. The molecule has 0 bridgehead atoms. The lowest BCUT2D eigenvalue weighted by Crippen LogP contribution is -2.48. The van der Waals surface area contributed by atoms with Gasteiger partial charge >= 0.3 is 12.0 Å². The van der Waals surface area contributed by atoms with E-state index in [2.05, 4.69) is 5.32 Å². The SMILES string of the molecule is CC1C(C(=O)O)CCN1C(=O)NC1CCCSC1. The summed E-state index contributed by atoms with van der Waals surface area (Å²) < 4.78 is 0. The van der Waals surface area contributed by atoms with Gasteiger partial charge in [-0.3, -0.25) is 4.79 Å². The van der Waals surface area contributed by atoms with E-state index in [0.29, 0.717) is 13.0 Å². The highest BCUT2D eigenvalue weighted by Gasteiger charge is 2.38. The van der Waals surface area contributed by atoms with E-state index < -0.39 is 11.9 Å². The standard InChI is InChI=1S/C12H20N2O3S/c1-8-10(11(15)16)4-5-14(8)12(17)13-9-3-2-6-18-7-9/h8-10H,2-7H2,1H3,(H,13,17)(H,15,16). The van der Waals surface area contributed by atoms with Crippen molar-refractivity contribution in [3.8, 4) is 0 Å². The van der Waals surface area contributed by atoms with Gasteiger partial charge in [0.25, 0.3) is 0 Å². The second-order valence-corrected chi connectivity index (χ2v) is 6.18. The molecule has 0 radical (unpaired) electrons. The van der Waals surface area contributed by atoms with Crippen molar-refractivity contribution < 1.29 is 14.7 Å². The Morgan fingerprint density at radius 3 is 2.72 bits per heavy atom. The first-order valence-corrected chi connectivity index (χ1v) is 7.62. The lowest BCUT2D eigenvalue weighted by atomic mass is 10.0. The molecular weight excluding hydrogens is 252 g/mol. The Kier molecular flexibility index (Phi) is 4.37. The maximum atomic E-state index is 12.1. The molecule has 5 nitrogen and oxygen atoms in total. The van der Waals surface area contributed by atoms with E-state index in [1.807, 2.05) is 18.7 Å². The summed E-state index contributed by atoms with van der Waals surface area (Å²) >= 11 is 1.87. The number of hydrogen-bond donors (Lipinski definition) is 2. The average molecular weight is 272 g/mol. The Bertz CT molecular complexity index is 331. The minimum atomic E-state index is -0.800. The Balaban J connectivity index is 1.87. The summed E-state index contributed by atoms with van der Waals surface area (Å²) in [7, 11) is 0. The molecule has 2 aliphatic heterocycles. The van der Waals surface area contributed by atoms with E-state index in [0.717, 1.165) is 18.6 Å². The van der Waals surface area contributed by atoms with Gasteiger partial charge < -0.3 is 15.3 Å². The fourth-order valence-electron chi connectivity index (χ4n) is 2.67. The van der Waals surface area contributed by atoms with Crippen molar-refractivity contribution in [2.75, 3.05) is 18.1 Å². The largest absolute Gasteiger partial charge is 0.481 e. The van der Waals surface area contributed by atoms with Gasteiger partial charge in [-0.1, -0.05) is 0 Å². The lowest BCUT2D eigenvalue weighted by molar-refractivity contribution is -0.142. The molecule has 2 fully saturated rings. The quantitative estimate of drug-likeness (QED) is 0.797. The van der Waals surface area contributed by atoms with Gasteiger partial charge in [0.05, 0.1) is 5.92 Å². The first-order chi connectivity index (χ1) is 8.59. The van der Waals surface area contributed by atoms with Gasteiger partial charge in [0.2, 0.25) is 0 Å². The van der Waals surface area contributed by atoms with Crippen LogP contribution in [0.15, 0.2) is 0 Å². The van der Waals surface area contributed by atoms with Crippen LogP contribution in [0.4, 0.5) is 4.79 Å². The number of nitrogens with one attached hydrogen (secondary N) is 1. The Labute approximate surface area is 111 Å². The van der Waals surface area contributed by atoms with E-state index in [-0.39, 0.29) is 18.1 Å². The summed E-state index contributed by atoms with van der Waals surface area (Å²) in [5.74, 6) is 0.923. The molecule has 3 atom stereocenters. The number of likely N-dealkylation sites (tertiary alicyclic amines) is 1. The zero-order chi connectivity index (χ0) is 13.1. The van der Waals surface area contributed by atoms with Crippen molar-refractivity contribution in [1.29, 1.82) is 0 Å². The number of nitrogens with zero attached hydrogens (tertiary/aromatic N) is 1. The number of hydrogen-bond acceptors (Lipinski definition) is 3. The number of carboxylic acids is 1. The molecule has 0 aromatic heterocycles. The van der Waals surface area contributed by atoms with Crippen LogP contribution in [-0.2, 0) is 4.79 Å². The Morgan fingerprint density at radius 2 is 2.17 bits per heavy atom. The monoisotopic (exact) mass is 272 g/mol. The molecule has 3 unspecified atom stereocenters. The van der Waals surface area contributed by atoms with Crippen molar-refractivity contribution in [2.24, 2.45) is 5.92 Å². The van der Waals surface area contributed by atoms with E-state index in [4.69, 9.17) is 5.11 Å². The molecule has 0 aromatic rings. The van der Waals surface area contributed by atoms with E-state index in [1.165, 1.54) is 5.75 Å². The van der Waals surface area contributed by atoms with Gasteiger partial charge in [0.1, 0.15) is 0 Å². The van der Waals surface area contributed by atoms with Gasteiger partial charge in [0.15, 0.2) is 0 Å². The first-order valence-electron chi connectivity index (χ1n) is 6.47. The van der Waals surface area contributed by atoms with Crippen molar-refractivity contribution in [1.82, 2.24) is 10.2 Å². The van der Waals surface area contributed by atoms with Crippen LogP contribution in [0.1, 0.15) is 26.2 Å². The number of carbonyl (C=O) groups is 2. The summed E-state index contributed by atoms with van der Waals surface area (Å²) in [5, 5.41) is 12.1. The average Bonchev–Trinajstić information content (AvgIpc) is 2.72. The smallest absolute Gasteiger partial charge is 0.317 e. The number of amides is 2. The van der Waals surface area contributed by atoms with Crippen LogP contribution in [0.2, 0.25) is 0 Å². The van der Waals surface area contributed by atoms with Gasteiger partial charge in [0, 0.05) is 24.4 Å². The molecule has 0 saturated carbocycles. The minimum absolute atomic E-state index is 0.0984. The molecule has 18 heavy (non-hydrogen) atoms. The van der Waals surface area contributed by atoms with Gasteiger partial charge in [-0.2, -0.15) is 11.8 Å². The molecule has 6 heteroatoms. The highest BCUT2D eigenvalue weighted by atomic mass is 32.2. The second-order valence-electron chi connectivity index (χ2n) is 5.03. The van der Waals surface area contributed by atoms with Crippen molar-refractivity contribution >= 4 is 23.8 Å². The zero-order valence-corrected chi connectivity index (χ0v) is 11.4. The molecule has 0 aliphatic carbocycles. The molecule has 0 spiro atoms. The number of urea groups is 1. The summed E-state index contributed by atoms with van der Waals surface area (Å²) in [5.41, 5.74) is 0. The lowest BCUT2D eigenvalue weighted by Gasteiger charge is -2.28. The number of carboxylic acid groups (broad SMARTS) is 1. The fourth-order valence-corrected chi connectivity index (χ4v) is 3.74. The van der Waals surface area contributed by atoms with Crippen LogP contribution in [0.5, 0.6) is 0 Å². The third kappa shape index (κ3) is 2.91. The Hall–Kier alpha value is -0.910. The van der Waals surface area contributed by atoms with Crippen LogP contribution >= 0.6 is 11.8 Å². The highest BCUT2D eigenvalue weighted by molar-refractivity contribution is 7.99. The van der Waals surface area contributed by atoms with Crippen LogP contribution in [-0.4, -0.2) is 52.1 Å². The van der Waals surface area contributed by atoms with Crippen LogP contribution in [0.25, 0.3) is 0 Å². The van der Waals surface area contributed by atoms with Crippen LogP contribution in [0.3, 0.4) is 0 Å². The minimum Gasteiger partial charge on any atom is -0.481 e. The zero-order valence-electron chi connectivity index (χ0n) is 10.6. The highest BCUT2D eigenvalue weighted by Crippen LogP contribution is 2.25. The topological polar surface area (TPSA) is 69.6 Å². The molecule has 0 aromatic carbocycles. The number of carbonyl (C=O) groups excluding carboxylic acids is 1. The summed E-state index contributed by atoms with van der Waals surface area (Å²) in [6.07, 6.45) is 2.73. The fraction of sp³-hybridized carbons (Fsp3) is 0.833. The molecule has 2 amide bonds. The summed E-state index contributed by atoms with van der Waals surface area (Å²) in [4.78, 5) is 24.8. The molecule has 2 heterocycles. The van der Waals surface area contributed by atoms with E-state index >= 15 is 0 Å². The number of aliphatic carboxylic acids is 1. The third-order valence-corrected chi connectivity index (χ3v) is 5.04. The predicted octanol–water partition coefficient (Wildman–Crippen LogP) is 1.39.